The van der Waals surface area contributed by atoms with Gasteiger partial charge in [-0.3, -0.25) is 0 Å². The van der Waals surface area contributed by atoms with Crippen LogP contribution in [0.1, 0.15) is 18.0 Å². The van der Waals surface area contributed by atoms with Gasteiger partial charge in [0.1, 0.15) is 5.75 Å². The number of likely N-dealkylation sites (N-methyl/N-ethyl adjacent to an activating group) is 1. The van der Waals surface area contributed by atoms with Crippen molar-refractivity contribution in [3.63, 3.8) is 0 Å². The van der Waals surface area contributed by atoms with Crippen LogP contribution in [0.15, 0.2) is 24.3 Å². The van der Waals surface area contributed by atoms with Crippen LogP contribution in [-0.4, -0.2) is 51.9 Å². The van der Waals surface area contributed by atoms with E-state index in [0.717, 1.165) is 45.0 Å². The highest BCUT2D eigenvalue weighted by Crippen LogP contribution is 2.31. The van der Waals surface area contributed by atoms with E-state index in [2.05, 4.69) is 29.4 Å². The van der Waals surface area contributed by atoms with E-state index in [1.165, 1.54) is 5.56 Å². The van der Waals surface area contributed by atoms with Gasteiger partial charge in [0.15, 0.2) is 0 Å². The first-order valence-corrected chi connectivity index (χ1v) is 6.94. The van der Waals surface area contributed by atoms with Crippen molar-refractivity contribution in [1.29, 1.82) is 0 Å². The third-order valence-corrected chi connectivity index (χ3v) is 3.52. The molecule has 4 heteroatoms. The van der Waals surface area contributed by atoms with Gasteiger partial charge < -0.3 is 19.7 Å². The second-order valence-electron chi connectivity index (χ2n) is 4.98. The first kappa shape index (κ1) is 14.3. The Bertz CT molecular complexity index is 384. The Morgan fingerprint density at radius 3 is 3.05 bits per heavy atom. The normalized spacial score (nSPS) is 18.2. The van der Waals surface area contributed by atoms with Gasteiger partial charge in [-0.1, -0.05) is 18.2 Å². The number of nitrogens with one attached hydrogen (secondary N) is 1. The number of fused-ring (bicyclic) bond motifs is 1. The van der Waals surface area contributed by atoms with E-state index in [-0.39, 0.29) is 0 Å². The standard InChI is InChI=1S/C15H24N2O2/c1-17(10-12-18-2)9-8-16-14-7-11-19-15-6-4-3-5-13(14)15/h3-6,14,16H,7-12H2,1-2H3. The van der Waals surface area contributed by atoms with Gasteiger partial charge in [0, 0.05) is 44.8 Å². The molecule has 1 aromatic carbocycles. The van der Waals surface area contributed by atoms with E-state index in [1.54, 1.807) is 7.11 Å². The third kappa shape index (κ3) is 4.20. The van der Waals surface area contributed by atoms with E-state index < -0.39 is 0 Å². The summed E-state index contributed by atoms with van der Waals surface area (Å²) in [5.74, 6) is 1.03. The molecule has 0 fully saturated rings. The number of hydrogen-bond donors (Lipinski definition) is 1. The first-order valence-electron chi connectivity index (χ1n) is 6.94. The SMILES string of the molecule is COCCN(C)CCNC1CCOc2ccccc21. The minimum absolute atomic E-state index is 0.417. The molecule has 1 aliphatic rings. The summed E-state index contributed by atoms with van der Waals surface area (Å²) in [4.78, 5) is 2.28. The van der Waals surface area contributed by atoms with Crippen molar-refractivity contribution in [3.8, 4) is 5.75 Å². The molecule has 1 aliphatic heterocycles. The van der Waals surface area contributed by atoms with E-state index in [1.807, 2.05) is 12.1 Å². The van der Waals surface area contributed by atoms with Crippen LogP contribution in [0.4, 0.5) is 0 Å². The van der Waals surface area contributed by atoms with Crippen LogP contribution in [0, 0.1) is 0 Å². The molecule has 19 heavy (non-hydrogen) atoms. The summed E-state index contributed by atoms with van der Waals surface area (Å²) in [6.45, 7) is 4.58. The van der Waals surface area contributed by atoms with Gasteiger partial charge in [0.05, 0.1) is 13.2 Å². The molecule has 0 bridgehead atoms. The zero-order valence-corrected chi connectivity index (χ0v) is 11.9. The Kier molecular flexibility index (Phi) is 5.63. The van der Waals surface area contributed by atoms with Crippen LogP contribution in [0.3, 0.4) is 0 Å². The highest BCUT2D eigenvalue weighted by atomic mass is 16.5. The lowest BCUT2D eigenvalue weighted by atomic mass is 10.0. The molecule has 2 rings (SSSR count). The lowest BCUT2D eigenvalue weighted by molar-refractivity contribution is 0.160. The Labute approximate surface area is 115 Å². The van der Waals surface area contributed by atoms with Crippen molar-refractivity contribution in [2.45, 2.75) is 12.5 Å². The van der Waals surface area contributed by atoms with Crippen molar-refractivity contribution < 1.29 is 9.47 Å². The van der Waals surface area contributed by atoms with Gasteiger partial charge in [-0.05, 0) is 13.1 Å². The summed E-state index contributed by atoms with van der Waals surface area (Å²) in [5.41, 5.74) is 1.29. The molecule has 1 aromatic rings. The van der Waals surface area contributed by atoms with Crippen molar-refractivity contribution in [1.82, 2.24) is 10.2 Å². The predicted octanol–water partition coefficient (Wildman–Crippen LogP) is 1.68. The lowest BCUT2D eigenvalue weighted by Crippen LogP contribution is -2.34. The average molecular weight is 264 g/mol. The molecule has 0 amide bonds. The molecule has 1 atom stereocenters. The highest BCUT2D eigenvalue weighted by molar-refractivity contribution is 5.37. The maximum Gasteiger partial charge on any atom is 0.124 e. The molecular weight excluding hydrogens is 240 g/mol. The summed E-state index contributed by atoms with van der Waals surface area (Å²) >= 11 is 0. The second kappa shape index (κ2) is 7.48. The van der Waals surface area contributed by atoms with Gasteiger partial charge >= 0.3 is 0 Å². The molecule has 0 aromatic heterocycles. The number of para-hydroxylation sites is 1. The van der Waals surface area contributed by atoms with Gasteiger partial charge in [0.25, 0.3) is 0 Å². The molecular formula is C15H24N2O2. The van der Waals surface area contributed by atoms with Crippen LogP contribution < -0.4 is 10.1 Å². The van der Waals surface area contributed by atoms with E-state index in [4.69, 9.17) is 9.47 Å². The largest absolute Gasteiger partial charge is 0.493 e. The molecule has 1 heterocycles. The summed E-state index contributed by atoms with van der Waals surface area (Å²) in [6.07, 6.45) is 1.04. The van der Waals surface area contributed by atoms with Crippen LogP contribution in [0.2, 0.25) is 0 Å². The summed E-state index contributed by atoms with van der Waals surface area (Å²) in [6, 6.07) is 8.72. The molecule has 0 saturated heterocycles. The highest BCUT2D eigenvalue weighted by Gasteiger charge is 2.19. The number of methoxy groups -OCH3 is 1. The monoisotopic (exact) mass is 264 g/mol. The number of hydrogen-bond acceptors (Lipinski definition) is 4. The van der Waals surface area contributed by atoms with E-state index in [9.17, 15) is 0 Å². The van der Waals surface area contributed by atoms with Crippen LogP contribution in [0.25, 0.3) is 0 Å². The molecule has 0 radical (unpaired) electrons. The number of ether oxygens (including phenoxy) is 2. The van der Waals surface area contributed by atoms with Crippen molar-refractivity contribution >= 4 is 0 Å². The molecule has 1 unspecified atom stereocenters. The number of rotatable bonds is 7. The lowest BCUT2D eigenvalue weighted by Gasteiger charge is -2.27. The number of benzene rings is 1. The maximum absolute atomic E-state index is 5.67. The smallest absolute Gasteiger partial charge is 0.124 e. The molecule has 1 N–H and O–H groups in total. The number of nitrogens with zero attached hydrogens (tertiary/aromatic N) is 1. The Balaban J connectivity index is 1.78. The first-order chi connectivity index (χ1) is 9.31. The summed E-state index contributed by atoms with van der Waals surface area (Å²) in [7, 11) is 3.86. The van der Waals surface area contributed by atoms with Crippen molar-refractivity contribution in [2.75, 3.05) is 47.0 Å². The van der Waals surface area contributed by atoms with Crippen LogP contribution in [0.5, 0.6) is 5.75 Å². The quantitative estimate of drug-likeness (QED) is 0.812. The van der Waals surface area contributed by atoms with E-state index >= 15 is 0 Å². The maximum atomic E-state index is 5.67. The Hall–Kier alpha value is -1.10. The van der Waals surface area contributed by atoms with Crippen LogP contribution >= 0.6 is 0 Å². The van der Waals surface area contributed by atoms with Crippen molar-refractivity contribution in [3.05, 3.63) is 29.8 Å². The molecule has 106 valence electrons. The fourth-order valence-electron chi connectivity index (χ4n) is 2.34. The fourth-order valence-corrected chi connectivity index (χ4v) is 2.34. The average Bonchev–Trinajstić information content (AvgIpc) is 2.45. The molecule has 4 nitrogen and oxygen atoms in total. The molecule has 0 spiro atoms. The van der Waals surface area contributed by atoms with Crippen molar-refractivity contribution in [2.24, 2.45) is 0 Å². The fraction of sp³-hybridized carbons (Fsp3) is 0.600. The summed E-state index contributed by atoms with van der Waals surface area (Å²) < 4.78 is 10.7. The van der Waals surface area contributed by atoms with E-state index in [0.29, 0.717) is 6.04 Å². The van der Waals surface area contributed by atoms with Gasteiger partial charge in [-0.15, -0.1) is 0 Å². The third-order valence-electron chi connectivity index (χ3n) is 3.52. The van der Waals surface area contributed by atoms with Crippen LogP contribution in [-0.2, 0) is 4.74 Å². The molecule has 0 saturated carbocycles. The zero-order valence-electron chi connectivity index (χ0n) is 11.9. The Morgan fingerprint density at radius 1 is 1.37 bits per heavy atom. The van der Waals surface area contributed by atoms with Gasteiger partial charge in [-0.2, -0.15) is 0 Å². The topological polar surface area (TPSA) is 33.7 Å². The molecule has 0 aliphatic carbocycles. The second-order valence-corrected chi connectivity index (χ2v) is 4.98. The van der Waals surface area contributed by atoms with Gasteiger partial charge in [0.2, 0.25) is 0 Å². The minimum atomic E-state index is 0.417. The predicted molar refractivity (Wildman–Crippen MR) is 76.7 cm³/mol. The Morgan fingerprint density at radius 2 is 2.21 bits per heavy atom. The summed E-state index contributed by atoms with van der Waals surface area (Å²) in [5, 5.41) is 3.62. The minimum Gasteiger partial charge on any atom is -0.493 e. The van der Waals surface area contributed by atoms with Gasteiger partial charge in [-0.25, -0.2) is 0 Å². The zero-order chi connectivity index (χ0) is 13.5.